The van der Waals surface area contributed by atoms with Gasteiger partial charge in [-0.15, -0.1) is 0 Å². The number of anilines is 2. The molecule has 0 fully saturated rings. The van der Waals surface area contributed by atoms with Crippen molar-refractivity contribution in [2.75, 3.05) is 17.0 Å². The second-order valence-corrected chi connectivity index (χ2v) is 11.2. The van der Waals surface area contributed by atoms with Crippen LogP contribution in [-0.2, 0) is 16.4 Å². The second kappa shape index (κ2) is 12.5. The minimum absolute atomic E-state index is 0.125. The molecule has 4 aromatic carbocycles. The number of sulfone groups is 1. The van der Waals surface area contributed by atoms with E-state index in [4.69, 9.17) is 5.41 Å². The quantitative estimate of drug-likeness (QED) is 0.0789. The van der Waals surface area contributed by atoms with Crippen molar-refractivity contribution in [3.8, 4) is 11.1 Å². The number of carbonyl (C=O) groups is 2. The van der Waals surface area contributed by atoms with Crippen LogP contribution in [0.25, 0.3) is 11.1 Å². The largest absolute Gasteiger partial charge is 0.340 e. The molecule has 3 amide bonds. The molecule has 0 unspecified atom stereocenters. The Morgan fingerprint density at radius 3 is 2.20 bits per heavy atom. The van der Waals surface area contributed by atoms with Gasteiger partial charge >= 0.3 is 6.03 Å². The lowest BCUT2D eigenvalue weighted by Crippen LogP contribution is -2.39. The molecule has 4 N–H and O–H groups in total. The smallest absolute Gasteiger partial charge is 0.306 e. The molecule has 0 aliphatic carbocycles. The first-order chi connectivity index (χ1) is 19.1. The predicted molar refractivity (Wildman–Crippen MR) is 160 cm³/mol. The van der Waals surface area contributed by atoms with Crippen molar-refractivity contribution in [1.29, 1.82) is 5.41 Å². The molecule has 0 heterocycles. The zero-order valence-electron chi connectivity index (χ0n) is 21.5. The van der Waals surface area contributed by atoms with Crippen molar-refractivity contribution >= 4 is 50.9 Å². The SMILES string of the molecule is CS(=O)(=O)c1ccccc1-c1ccc(NC(=O)N(Cc2ccccc2)Nc2cccc(C(=N)NC(=O)S)c2)cc1. The molecule has 11 heteroatoms. The highest BCUT2D eigenvalue weighted by Crippen LogP contribution is 2.28. The number of amidine groups is 1. The molecule has 0 radical (unpaired) electrons. The summed E-state index contributed by atoms with van der Waals surface area (Å²) < 4.78 is 24.4. The summed E-state index contributed by atoms with van der Waals surface area (Å²) in [7, 11) is -3.42. The number of nitrogens with zero attached hydrogens (tertiary/aromatic N) is 1. The molecule has 0 bridgehead atoms. The van der Waals surface area contributed by atoms with Gasteiger partial charge in [-0.05, 0) is 41.5 Å². The number of urea groups is 1. The van der Waals surface area contributed by atoms with Gasteiger partial charge in [0.2, 0.25) is 0 Å². The van der Waals surface area contributed by atoms with Crippen LogP contribution in [0.15, 0.2) is 108 Å². The fourth-order valence-corrected chi connectivity index (χ4v) is 4.98. The van der Waals surface area contributed by atoms with E-state index in [1.807, 2.05) is 30.3 Å². The minimum atomic E-state index is -3.42. The number of rotatable bonds is 8. The van der Waals surface area contributed by atoms with Gasteiger partial charge < -0.3 is 10.6 Å². The first-order valence-electron chi connectivity index (χ1n) is 12.1. The first-order valence-corrected chi connectivity index (χ1v) is 14.4. The number of nitrogens with one attached hydrogen (secondary N) is 4. The lowest BCUT2D eigenvalue weighted by molar-refractivity contribution is 0.220. The number of hydrogen-bond donors (Lipinski definition) is 5. The molecule has 4 rings (SSSR count). The van der Waals surface area contributed by atoms with E-state index in [-0.39, 0.29) is 17.3 Å². The summed E-state index contributed by atoms with van der Waals surface area (Å²) in [6.07, 6.45) is 1.17. The molecule has 4 aromatic rings. The van der Waals surface area contributed by atoms with E-state index in [9.17, 15) is 18.0 Å². The molecule has 0 aliphatic heterocycles. The maximum absolute atomic E-state index is 13.4. The highest BCUT2D eigenvalue weighted by atomic mass is 32.2. The van der Waals surface area contributed by atoms with Crippen molar-refractivity contribution in [2.45, 2.75) is 11.4 Å². The fourth-order valence-electron chi connectivity index (χ4n) is 3.96. The highest BCUT2D eigenvalue weighted by molar-refractivity contribution is 7.96. The standard InChI is InChI=1S/C29H27N5O4S2/c1-40(37,38)26-13-6-5-12-25(26)21-14-16-23(17-15-21)31-28(35)34(19-20-8-3-2-4-9-20)33-24-11-7-10-22(18-24)27(30)32-29(36)39/h2-18,33H,19H2,1H3,(H,31,35)(H3,30,32,36,39). The molecule has 0 atom stereocenters. The van der Waals surface area contributed by atoms with Crippen LogP contribution in [0.1, 0.15) is 11.1 Å². The fraction of sp³-hybridized carbons (Fsp3) is 0.0690. The molecular formula is C29H27N5O4S2. The van der Waals surface area contributed by atoms with E-state index >= 15 is 0 Å². The maximum atomic E-state index is 13.4. The summed E-state index contributed by atoms with van der Waals surface area (Å²) in [6, 6.07) is 29.4. The lowest BCUT2D eigenvalue weighted by Gasteiger charge is -2.25. The van der Waals surface area contributed by atoms with Crippen LogP contribution in [0.5, 0.6) is 0 Å². The molecule has 0 spiro atoms. The third-order valence-corrected chi connectivity index (χ3v) is 7.08. The molecule has 0 aromatic heterocycles. The van der Waals surface area contributed by atoms with Gasteiger partial charge in [-0.25, -0.2) is 18.2 Å². The van der Waals surface area contributed by atoms with Crippen LogP contribution >= 0.6 is 12.6 Å². The molecule has 0 saturated carbocycles. The Kier molecular flexibility index (Phi) is 8.87. The van der Waals surface area contributed by atoms with Crippen LogP contribution in [0.3, 0.4) is 0 Å². The van der Waals surface area contributed by atoms with Gasteiger partial charge in [-0.2, -0.15) is 0 Å². The van der Waals surface area contributed by atoms with Gasteiger partial charge in [0.15, 0.2) is 9.84 Å². The van der Waals surface area contributed by atoms with Crippen LogP contribution in [0.4, 0.5) is 21.0 Å². The van der Waals surface area contributed by atoms with Gasteiger partial charge in [0.25, 0.3) is 5.24 Å². The number of benzene rings is 4. The number of amides is 3. The van der Waals surface area contributed by atoms with E-state index in [1.165, 1.54) is 11.3 Å². The maximum Gasteiger partial charge on any atom is 0.340 e. The Morgan fingerprint density at radius 2 is 1.52 bits per heavy atom. The van der Waals surface area contributed by atoms with Crippen molar-refractivity contribution < 1.29 is 18.0 Å². The molecule has 0 saturated heterocycles. The zero-order valence-corrected chi connectivity index (χ0v) is 23.2. The monoisotopic (exact) mass is 573 g/mol. The molecule has 204 valence electrons. The van der Waals surface area contributed by atoms with Crippen molar-refractivity contribution in [3.05, 3.63) is 114 Å². The van der Waals surface area contributed by atoms with Gasteiger partial charge in [0, 0.05) is 23.1 Å². The van der Waals surface area contributed by atoms with Crippen LogP contribution < -0.4 is 16.1 Å². The van der Waals surface area contributed by atoms with E-state index in [0.29, 0.717) is 28.1 Å². The molecule has 0 aliphatic rings. The molecular weight excluding hydrogens is 546 g/mol. The Morgan fingerprint density at radius 1 is 0.850 bits per heavy atom. The van der Waals surface area contributed by atoms with Crippen molar-refractivity contribution in [1.82, 2.24) is 10.3 Å². The Bertz CT molecular complexity index is 1640. The summed E-state index contributed by atoms with van der Waals surface area (Å²) in [4.78, 5) is 24.8. The van der Waals surface area contributed by atoms with E-state index in [1.54, 1.807) is 72.8 Å². The van der Waals surface area contributed by atoms with Gasteiger partial charge in [-0.1, -0.05) is 85.4 Å². The third-order valence-electron chi connectivity index (χ3n) is 5.81. The topological polar surface area (TPSA) is 131 Å². The Labute approximate surface area is 238 Å². The van der Waals surface area contributed by atoms with Crippen molar-refractivity contribution in [2.24, 2.45) is 0 Å². The highest BCUT2D eigenvalue weighted by Gasteiger charge is 2.17. The van der Waals surface area contributed by atoms with Gasteiger partial charge in [-0.3, -0.25) is 15.6 Å². The van der Waals surface area contributed by atoms with Gasteiger partial charge in [0.05, 0.1) is 17.1 Å². The van der Waals surface area contributed by atoms with Crippen LogP contribution in [0, 0.1) is 5.41 Å². The number of carbonyl (C=O) groups excluding carboxylic acids is 2. The second-order valence-electron chi connectivity index (χ2n) is 8.85. The summed E-state index contributed by atoms with van der Waals surface area (Å²) >= 11 is 3.65. The number of hydrogen-bond acceptors (Lipinski definition) is 6. The van der Waals surface area contributed by atoms with Crippen LogP contribution in [-0.4, -0.2) is 36.8 Å². The van der Waals surface area contributed by atoms with Gasteiger partial charge in [0.1, 0.15) is 5.84 Å². The third kappa shape index (κ3) is 7.49. The summed E-state index contributed by atoms with van der Waals surface area (Å²) in [6.45, 7) is 0.224. The Balaban J connectivity index is 1.55. The predicted octanol–water partition coefficient (Wildman–Crippen LogP) is 5.78. The zero-order chi connectivity index (χ0) is 28.7. The van der Waals surface area contributed by atoms with E-state index < -0.39 is 21.1 Å². The molecule has 9 nitrogen and oxygen atoms in total. The normalized spacial score (nSPS) is 10.8. The molecule has 40 heavy (non-hydrogen) atoms. The lowest BCUT2D eigenvalue weighted by atomic mass is 10.1. The Hall–Kier alpha value is -4.61. The minimum Gasteiger partial charge on any atom is -0.306 e. The summed E-state index contributed by atoms with van der Waals surface area (Å²) in [5, 5.41) is 14.0. The van der Waals surface area contributed by atoms with Crippen molar-refractivity contribution in [3.63, 3.8) is 0 Å². The summed E-state index contributed by atoms with van der Waals surface area (Å²) in [5.74, 6) is -0.125. The number of hydrazine groups is 1. The first kappa shape index (κ1) is 28.4. The summed E-state index contributed by atoms with van der Waals surface area (Å²) in [5.41, 5.74) is 6.70. The van der Waals surface area contributed by atoms with E-state index in [2.05, 4.69) is 28.7 Å². The number of thiol groups is 1. The average Bonchev–Trinajstić information content (AvgIpc) is 2.93. The average molecular weight is 574 g/mol. The van der Waals surface area contributed by atoms with Crippen LogP contribution in [0.2, 0.25) is 0 Å². The van der Waals surface area contributed by atoms with E-state index in [0.717, 1.165) is 5.56 Å².